The molecule has 96 valence electrons. The topological polar surface area (TPSA) is 103 Å². The van der Waals surface area contributed by atoms with Gasteiger partial charge in [0.05, 0.1) is 37.8 Å². The van der Waals surface area contributed by atoms with Crippen LogP contribution in [0.1, 0.15) is 6.42 Å². The van der Waals surface area contributed by atoms with Crippen LogP contribution in [0.15, 0.2) is 0 Å². The Morgan fingerprint density at radius 1 is 1.31 bits per heavy atom. The fraction of sp³-hybridized carbons (Fsp3) is 0.857. The fourth-order valence-corrected chi connectivity index (χ4v) is 3.39. The van der Waals surface area contributed by atoms with Crippen LogP contribution in [0.2, 0.25) is 0 Å². The van der Waals surface area contributed by atoms with Crippen molar-refractivity contribution in [3.05, 3.63) is 0 Å². The Bertz CT molecular complexity index is 278. The Labute approximate surface area is 104 Å². The molecule has 0 aliphatic rings. The number of carboxylic acid groups (broad SMARTS) is 1. The molecule has 0 saturated heterocycles. The molecule has 0 heterocycles. The van der Waals surface area contributed by atoms with Crippen LogP contribution in [-0.4, -0.2) is 46.7 Å². The first-order chi connectivity index (χ1) is 7.29. The minimum Gasteiger partial charge on any atom is -0.741 e. The molecule has 1 unspecified atom stereocenters. The number of quaternary nitrogens is 1. The number of carboxylic acids is 1. The van der Waals surface area contributed by atoms with E-state index in [2.05, 4.69) is 0 Å². The van der Waals surface area contributed by atoms with Gasteiger partial charge in [-0.2, -0.15) is 0 Å². The van der Waals surface area contributed by atoms with Crippen molar-refractivity contribution in [3.8, 4) is 0 Å². The van der Waals surface area contributed by atoms with Gasteiger partial charge in [0.25, 0.3) is 7.67 Å². The minimum atomic E-state index is -4.24. The van der Waals surface area contributed by atoms with Crippen molar-refractivity contribution >= 4 is 36.8 Å². The van der Waals surface area contributed by atoms with Crippen LogP contribution in [0.25, 0.3) is 0 Å². The summed E-state index contributed by atoms with van der Waals surface area (Å²) in [6.45, 7) is -0.0102. The normalized spacial score (nSPS) is 15.8. The van der Waals surface area contributed by atoms with E-state index in [1.165, 1.54) is 0 Å². The molecule has 9 heteroatoms. The molecule has 0 amide bonds. The van der Waals surface area contributed by atoms with Crippen molar-refractivity contribution in [3.63, 3.8) is 0 Å². The lowest BCUT2D eigenvalue weighted by Crippen LogP contribution is -2.53. The zero-order chi connectivity index (χ0) is 12.8. The second-order valence-corrected chi connectivity index (χ2v) is 6.08. The zero-order valence-electron chi connectivity index (χ0n) is 8.64. The second-order valence-electron chi connectivity index (χ2n) is 3.35. The number of carbonyl (C=O) groups is 1. The van der Waals surface area contributed by atoms with Crippen LogP contribution in [0.4, 0.5) is 0 Å². The molecule has 3 N–H and O–H groups in total. The van der Waals surface area contributed by atoms with Gasteiger partial charge in [0, 0.05) is 0 Å². The van der Waals surface area contributed by atoms with Crippen molar-refractivity contribution in [2.24, 2.45) is 5.50 Å². The molecule has 0 aromatic rings. The Hall–Kier alpha value is 0.160. The largest absolute Gasteiger partial charge is 0.741 e. The van der Waals surface area contributed by atoms with Crippen LogP contribution in [0.3, 0.4) is 0 Å². The highest BCUT2D eigenvalue weighted by Gasteiger charge is 2.35. The number of aliphatic carboxylic acids is 1. The maximum atomic E-state index is 11.5. The highest BCUT2D eigenvalue weighted by molar-refractivity contribution is 7.47. The summed E-state index contributed by atoms with van der Waals surface area (Å²) in [5, 5.41) is 8.57. The molecule has 0 radical (unpaired) electrons. The predicted molar refractivity (Wildman–Crippen MR) is 60.3 cm³/mol. The van der Waals surface area contributed by atoms with E-state index >= 15 is 0 Å². The molecular formula is C7H15Cl2N2O4P. The predicted octanol–water partition coefficient (Wildman–Crippen LogP) is 0.183. The van der Waals surface area contributed by atoms with Gasteiger partial charge >= 0.3 is 5.97 Å². The van der Waals surface area contributed by atoms with Crippen molar-refractivity contribution < 1.29 is 23.6 Å². The number of hydrogen-bond acceptors (Lipinski definition) is 3. The van der Waals surface area contributed by atoms with E-state index in [4.69, 9.17) is 33.8 Å². The third-order valence-corrected chi connectivity index (χ3v) is 4.46. The van der Waals surface area contributed by atoms with Crippen molar-refractivity contribution in [2.75, 3.05) is 31.4 Å². The minimum absolute atomic E-state index is 0.0544. The quantitative estimate of drug-likeness (QED) is 0.491. The van der Waals surface area contributed by atoms with E-state index in [0.29, 0.717) is 0 Å². The summed E-state index contributed by atoms with van der Waals surface area (Å²) in [5.41, 5.74) is 5.14. The molecule has 1 atom stereocenters. The molecule has 0 fully saturated rings. The average molecular weight is 293 g/mol. The van der Waals surface area contributed by atoms with Gasteiger partial charge in [-0.15, -0.1) is 23.2 Å². The SMILES string of the molecule is NP(=O)([O-])[N+](CCCl)(CCCl)CCC(=O)O. The van der Waals surface area contributed by atoms with Crippen LogP contribution in [0.5, 0.6) is 0 Å². The van der Waals surface area contributed by atoms with E-state index in [9.17, 15) is 14.3 Å². The summed E-state index contributed by atoms with van der Waals surface area (Å²) in [6.07, 6.45) is -0.294. The molecule has 0 aromatic carbocycles. The van der Waals surface area contributed by atoms with Crippen LogP contribution in [0, 0.1) is 0 Å². The van der Waals surface area contributed by atoms with Gasteiger partial charge < -0.3 is 10.00 Å². The molecule has 0 saturated carbocycles. The summed E-state index contributed by atoms with van der Waals surface area (Å²) >= 11 is 11.0. The molecule has 0 spiro atoms. The van der Waals surface area contributed by atoms with Crippen LogP contribution >= 0.6 is 30.9 Å². The summed E-state index contributed by atoms with van der Waals surface area (Å²) in [7, 11) is -4.24. The lowest BCUT2D eigenvalue weighted by Gasteiger charge is -2.44. The summed E-state index contributed by atoms with van der Waals surface area (Å²) in [5.74, 6) is -0.944. The number of rotatable bonds is 8. The average Bonchev–Trinajstić information content (AvgIpc) is 2.13. The van der Waals surface area contributed by atoms with Crippen molar-refractivity contribution in [1.82, 2.24) is 0 Å². The molecule has 0 aliphatic heterocycles. The maximum absolute atomic E-state index is 11.5. The van der Waals surface area contributed by atoms with Gasteiger partial charge in [-0.3, -0.25) is 13.6 Å². The molecule has 0 aliphatic carbocycles. The Balaban J connectivity index is 4.93. The highest BCUT2D eigenvalue weighted by Crippen LogP contribution is 2.41. The van der Waals surface area contributed by atoms with E-state index in [-0.39, 0.29) is 37.8 Å². The number of nitrogens with zero attached hydrogens (tertiary/aromatic N) is 1. The third kappa shape index (κ3) is 4.57. The highest BCUT2D eigenvalue weighted by atomic mass is 35.5. The lowest BCUT2D eigenvalue weighted by atomic mass is 10.4. The molecule has 6 nitrogen and oxygen atoms in total. The van der Waals surface area contributed by atoms with Gasteiger partial charge in [-0.1, -0.05) is 0 Å². The van der Waals surface area contributed by atoms with Gasteiger partial charge in [-0.25, -0.2) is 5.50 Å². The Morgan fingerprint density at radius 3 is 2.00 bits per heavy atom. The summed E-state index contributed by atoms with van der Waals surface area (Å²) < 4.78 is 11.0. The standard InChI is InChI=1S/C7H15Cl2N2O4P/c8-2-5-11(6-3-9,16(10,14)15)4-1-7(12)13/h1-6H2,(H3-,10,12,13,14,15). The Morgan fingerprint density at radius 2 is 1.75 bits per heavy atom. The van der Waals surface area contributed by atoms with E-state index in [0.717, 1.165) is 0 Å². The monoisotopic (exact) mass is 292 g/mol. The fourth-order valence-electron chi connectivity index (χ4n) is 1.37. The molecule has 16 heavy (non-hydrogen) atoms. The number of halogens is 2. The number of nitrogens with two attached hydrogens (primary N) is 1. The first-order valence-electron chi connectivity index (χ1n) is 4.59. The number of hydrogen-bond donors (Lipinski definition) is 2. The third-order valence-electron chi connectivity index (χ3n) is 2.33. The summed E-state index contributed by atoms with van der Waals surface area (Å²) in [4.78, 5) is 22.0. The van der Waals surface area contributed by atoms with E-state index < -0.39 is 17.9 Å². The first kappa shape index (κ1) is 16.2. The molecule has 0 rings (SSSR count). The molecule has 0 aromatic heterocycles. The first-order valence-corrected chi connectivity index (χ1v) is 7.30. The molecule has 0 bridgehead atoms. The van der Waals surface area contributed by atoms with Crippen LogP contribution < -0.4 is 10.4 Å². The maximum Gasteiger partial charge on any atom is 0.309 e. The van der Waals surface area contributed by atoms with Gasteiger partial charge in [0.15, 0.2) is 0 Å². The zero-order valence-corrected chi connectivity index (χ0v) is 11.0. The number of alkyl halides is 2. The van der Waals surface area contributed by atoms with Gasteiger partial charge in [0.1, 0.15) is 0 Å². The van der Waals surface area contributed by atoms with Crippen molar-refractivity contribution in [1.29, 1.82) is 0 Å². The van der Waals surface area contributed by atoms with Crippen molar-refractivity contribution in [2.45, 2.75) is 6.42 Å². The smallest absolute Gasteiger partial charge is 0.309 e. The van der Waals surface area contributed by atoms with Gasteiger partial charge in [-0.05, 0) is 0 Å². The Kier molecular flexibility index (Phi) is 6.86. The van der Waals surface area contributed by atoms with Gasteiger partial charge in [0.2, 0.25) is 0 Å². The van der Waals surface area contributed by atoms with E-state index in [1.807, 2.05) is 0 Å². The molecular weight excluding hydrogens is 278 g/mol. The summed E-state index contributed by atoms with van der Waals surface area (Å²) in [6, 6.07) is 0. The second kappa shape index (κ2) is 6.79. The van der Waals surface area contributed by atoms with Crippen LogP contribution in [-0.2, 0) is 9.36 Å². The lowest BCUT2D eigenvalue weighted by molar-refractivity contribution is -0.824. The van der Waals surface area contributed by atoms with E-state index in [1.54, 1.807) is 0 Å².